The summed E-state index contributed by atoms with van der Waals surface area (Å²) in [5, 5.41) is 0.216. The third kappa shape index (κ3) is 1.03. The van der Waals surface area contributed by atoms with Crippen LogP contribution in [0.3, 0.4) is 0 Å². The Morgan fingerprint density at radius 1 is 1.58 bits per heavy atom. The molecule has 0 fully saturated rings. The van der Waals surface area contributed by atoms with Crippen LogP contribution in [-0.2, 0) is 0 Å². The summed E-state index contributed by atoms with van der Waals surface area (Å²) in [7, 11) is 0. The van der Waals surface area contributed by atoms with Crippen LogP contribution in [0.4, 0.5) is 0 Å². The summed E-state index contributed by atoms with van der Waals surface area (Å²) >= 11 is 12.6. The van der Waals surface area contributed by atoms with Crippen LogP contribution in [-0.4, -0.2) is 15.7 Å². The molecule has 0 amide bonds. The number of carbonyl (C=O) groups is 1. The molecule has 0 saturated carbocycles. The van der Waals surface area contributed by atoms with Crippen molar-refractivity contribution in [3.05, 3.63) is 21.4 Å². The van der Waals surface area contributed by atoms with Crippen LogP contribution in [0.25, 0.3) is 4.96 Å². The Labute approximate surface area is 81.5 Å². The van der Waals surface area contributed by atoms with Gasteiger partial charge in [0.2, 0.25) is 0 Å². The number of hydrogen-bond donors (Lipinski definition) is 0. The molecule has 3 nitrogen and oxygen atoms in total. The van der Waals surface area contributed by atoms with Crippen molar-refractivity contribution in [1.82, 2.24) is 9.38 Å². The van der Waals surface area contributed by atoms with Crippen molar-refractivity contribution < 1.29 is 4.79 Å². The molecule has 2 heterocycles. The average molecular weight is 221 g/mol. The van der Waals surface area contributed by atoms with Gasteiger partial charge in [-0.1, -0.05) is 34.5 Å². The summed E-state index contributed by atoms with van der Waals surface area (Å²) in [4.78, 5) is 15.1. The first-order chi connectivity index (χ1) is 5.72. The fraction of sp³-hybridized carbons (Fsp3) is 0. The zero-order chi connectivity index (χ0) is 8.72. The van der Waals surface area contributed by atoms with Crippen LogP contribution in [0.1, 0.15) is 10.5 Å². The average Bonchev–Trinajstić information content (AvgIpc) is 2.43. The Balaban J connectivity index is 2.86. The van der Waals surface area contributed by atoms with Crippen LogP contribution in [0.5, 0.6) is 0 Å². The topological polar surface area (TPSA) is 34.4 Å². The molecule has 2 rings (SSSR count). The second-order valence-corrected chi connectivity index (χ2v) is 4.09. The molecule has 0 aliphatic rings. The fourth-order valence-corrected chi connectivity index (χ4v) is 2.20. The molecule has 2 aromatic heterocycles. The number of aromatic nitrogens is 2. The van der Waals surface area contributed by atoms with Gasteiger partial charge in [0.1, 0.15) is 10.0 Å². The molecule has 0 aliphatic heterocycles. The zero-order valence-electron chi connectivity index (χ0n) is 5.62. The Hall–Kier alpha value is -0.580. The standard InChI is InChI=1S/C6H2Cl2N2OS/c7-4-1-10-3(2-11)5(8)9-6(10)12-4/h1-2H. The number of imidazole rings is 1. The van der Waals surface area contributed by atoms with Crippen molar-refractivity contribution in [2.75, 3.05) is 0 Å². The molecule has 2 aromatic rings. The van der Waals surface area contributed by atoms with Crippen LogP contribution >= 0.6 is 34.5 Å². The van der Waals surface area contributed by atoms with E-state index >= 15 is 0 Å². The van der Waals surface area contributed by atoms with E-state index in [1.165, 1.54) is 11.3 Å². The van der Waals surface area contributed by atoms with Gasteiger partial charge in [0.25, 0.3) is 0 Å². The molecule has 12 heavy (non-hydrogen) atoms. The van der Waals surface area contributed by atoms with E-state index in [0.29, 0.717) is 21.3 Å². The number of carbonyl (C=O) groups excluding carboxylic acids is 1. The van der Waals surface area contributed by atoms with Crippen LogP contribution in [0.2, 0.25) is 9.49 Å². The minimum Gasteiger partial charge on any atom is -0.296 e. The summed E-state index contributed by atoms with van der Waals surface area (Å²) in [5.41, 5.74) is 0.342. The maximum atomic E-state index is 10.5. The lowest BCUT2D eigenvalue weighted by atomic mass is 10.5. The maximum absolute atomic E-state index is 10.5. The second kappa shape index (κ2) is 2.73. The van der Waals surface area contributed by atoms with E-state index in [0.717, 1.165) is 0 Å². The van der Waals surface area contributed by atoms with Gasteiger partial charge in [0.05, 0.1) is 0 Å². The second-order valence-electron chi connectivity index (χ2n) is 2.09. The minimum atomic E-state index is 0.216. The van der Waals surface area contributed by atoms with Gasteiger partial charge in [0.15, 0.2) is 16.4 Å². The number of nitrogens with zero attached hydrogens (tertiary/aromatic N) is 2. The number of hydrogen-bond acceptors (Lipinski definition) is 3. The van der Waals surface area contributed by atoms with E-state index in [-0.39, 0.29) is 5.15 Å². The van der Waals surface area contributed by atoms with Crippen molar-refractivity contribution in [2.24, 2.45) is 0 Å². The molecule has 6 heteroatoms. The summed E-state index contributed by atoms with van der Waals surface area (Å²) in [5.74, 6) is 0. The largest absolute Gasteiger partial charge is 0.296 e. The molecule has 62 valence electrons. The highest BCUT2D eigenvalue weighted by atomic mass is 35.5. The molecular weight excluding hydrogens is 219 g/mol. The molecule has 0 radical (unpaired) electrons. The lowest BCUT2D eigenvalue weighted by Gasteiger charge is -1.84. The predicted octanol–water partition coefficient (Wildman–Crippen LogP) is 2.52. The summed E-state index contributed by atoms with van der Waals surface area (Å²) in [6, 6.07) is 0. The first-order valence-corrected chi connectivity index (χ1v) is 4.57. The van der Waals surface area contributed by atoms with E-state index in [4.69, 9.17) is 23.2 Å². The highest BCUT2D eigenvalue weighted by molar-refractivity contribution is 7.20. The number of halogens is 2. The van der Waals surface area contributed by atoms with Crippen LogP contribution in [0, 0.1) is 0 Å². The smallest absolute Gasteiger partial charge is 0.197 e. The van der Waals surface area contributed by atoms with E-state index in [1.807, 2.05) is 0 Å². The molecule has 0 N–H and O–H groups in total. The van der Waals surface area contributed by atoms with Gasteiger partial charge in [-0.2, -0.15) is 0 Å². The molecular formula is C6H2Cl2N2OS. The molecule has 0 atom stereocenters. The lowest BCUT2D eigenvalue weighted by molar-refractivity contribution is 0.111. The molecule has 0 aliphatic carbocycles. The summed E-state index contributed by atoms with van der Waals surface area (Å²) < 4.78 is 2.15. The van der Waals surface area contributed by atoms with Crippen molar-refractivity contribution in [2.45, 2.75) is 0 Å². The van der Waals surface area contributed by atoms with E-state index in [2.05, 4.69) is 4.98 Å². The van der Waals surface area contributed by atoms with Crippen molar-refractivity contribution in [3.8, 4) is 0 Å². The third-order valence-electron chi connectivity index (χ3n) is 1.40. The fourth-order valence-electron chi connectivity index (χ4n) is 0.915. The molecule has 0 aromatic carbocycles. The van der Waals surface area contributed by atoms with Gasteiger partial charge >= 0.3 is 0 Å². The van der Waals surface area contributed by atoms with Gasteiger partial charge in [-0.05, 0) is 0 Å². The molecule has 0 spiro atoms. The lowest BCUT2D eigenvalue weighted by Crippen LogP contribution is -1.85. The maximum Gasteiger partial charge on any atom is 0.197 e. The minimum absolute atomic E-state index is 0.216. The van der Waals surface area contributed by atoms with E-state index in [9.17, 15) is 4.79 Å². The number of rotatable bonds is 1. The van der Waals surface area contributed by atoms with Crippen molar-refractivity contribution in [3.63, 3.8) is 0 Å². The van der Waals surface area contributed by atoms with Crippen LogP contribution < -0.4 is 0 Å². The van der Waals surface area contributed by atoms with E-state index in [1.54, 1.807) is 10.6 Å². The third-order valence-corrected chi connectivity index (χ3v) is 2.78. The Morgan fingerprint density at radius 3 is 3.00 bits per heavy atom. The van der Waals surface area contributed by atoms with Crippen LogP contribution in [0.15, 0.2) is 6.20 Å². The number of fused-ring (bicyclic) bond motifs is 1. The highest BCUT2D eigenvalue weighted by Crippen LogP contribution is 2.26. The number of thiazole rings is 1. The Bertz CT molecular complexity index is 448. The van der Waals surface area contributed by atoms with Gasteiger partial charge < -0.3 is 0 Å². The zero-order valence-corrected chi connectivity index (χ0v) is 7.95. The Kier molecular flexibility index (Phi) is 1.83. The first-order valence-electron chi connectivity index (χ1n) is 3.00. The van der Waals surface area contributed by atoms with Gasteiger partial charge in [-0.15, -0.1) is 0 Å². The summed E-state index contributed by atoms with van der Waals surface area (Å²) in [6.07, 6.45) is 2.27. The monoisotopic (exact) mass is 220 g/mol. The van der Waals surface area contributed by atoms with Gasteiger partial charge in [-0.3, -0.25) is 9.20 Å². The van der Waals surface area contributed by atoms with Gasteiger partial charge in [0, 0.05) is 6.20 Å². The summed E-state index contributed by atoms with van der Waals surface area (Å²) in [6.45, 7) is 0. The normalized spacial score (nSPS) is 10.8. The quantitative estimate of drug-likeness (QED) is 0.693. The molecule has 0 saturated heterocycles. The van der Waals surface area contributed by atoms with Gasteiger partial charge in [-0.25, -0.2) is 4.98 Å². The molecule has 0 bridgehead atoms. The highest BCUT2D eigenvalue weighted by Gasteiger charge is 2.11. The Morgan fingerprint density at radius 2 is 2.33 bits per heavy atom. The number of aldehydes is 1. The predicted molar refractivity (Wildman–Crippen MR) is 48.5 cm³/mol. The molecule has 0 unspecified atom stereocenters. The first kappa shape index (κ1) is 8.04. The van der Waals surface area contributed by atoms with E-state index < -0.39 is 0 Å². The van der Waals surface area contributed by atoms with Crippen molar-refractivity contribution in [1.29, 1.82) is 0 Å². The SMILES string of the molecule is O=Cc1c(Cl)nc2sc(Cl)cn12. The van der Waals surface area contributed by atoms with Crippen molar-refractivity contribution >= 4 is 45.8 Å².